The van der Waals surface area contributed by atoms with E-state index in [-0.39, 0.29) is 6.29 Å². The van der Waals surface area contributed by atoms with Gasteiger partial charge in [0.1, 0.15) is 18.3 Å². The van der Waals surface area contributed by atoms with Crippen LogP contribution in [0.1, 0.15) is 0 Å². The number of para-hydroxylation sites is 2. The monoisotopic (exact) mass is 268 g/mol. The van der Waals surface area contributed by atoms with Crippen LogP contribution in [0.5, 0.6) is 0 Å². The quantitative estimate of drug-likeness (QED) is 0.444. The van der Waals surface area contributed by atoms with Crippen molar-refractivity contribution in [1.29, 1.82) is 0 Å². The van der Waals surface area contributed by atoms with E-state index in [2.05, 4.69) is 9.97 Å². The van der Waals surface area contributed by atoms with Crippen LogP contribution in [0.15, 0.2) is 30.6 Å². The number of H-pyrrole nitrogens is 1. The number of hydrogen-bond donors (Lipinski definition) is 5. The van der Waals surface area contributed by atoms with Crippen LogP contribution in [0.3, 0.4) is 0 Å². The van der Waals surface area contributed by atoms with Gasteiger partial charge < -0.3 is 30.2 Å². The van der Waals surface area contributed by atoms with E-state index in [9.17, 15) is 4.79 Å². The Labute approximate surface area is 109 Å². The van der Waals surface area contributed by atoms with E-state index in [1.54, 1.807) is 6.33 Å². The van der Waals surface area contributed by atoms with Crippen LogP contribution in [0, 0.1) is 0 Å². The van der Waals surface area contributed by atoms with Crippen molar-refractivity contribution in [3.63, 3.8) is 0 Å². The minimum absolute atomic E-state index is 0.0869. The average Bonchev–Trinajstić information content (AvgIpc) is 2.93. The summed E-state index contributed by atoms with van der Waals surface area (Å²) < 4.78 is 0. The maximum atomic E-state index is 9.76. The third-order valence-corrected chi connectivity index (χ3v) is 2.40. The van der Waals surface area contributed by atoms with E-state index in [0.717, 1.165) is 11.0 Å². The van der Waals surface area contributed by atoms with E-state index in [1.165, 1.54) is 0 Å². The number of aliphatic hydroxyl groups is 4. The number of hydrogen-bond acceptors (Lipinski definition) is 6. The van der Waals surface area contributed by atoms with Gasteiger partial charge in [-0.25, -0.2) is 4.98 Å². The van der Waals surface area contributed by atoms with Crippen LogP contribution in [0.4, 0.5) is 0 Å². The third-order valence-electron chi connectivity index (χ3n) is 2.40. The van der Waals surface area contributed by atoms with Gasteiger partial charge in [-0.3, -0.25) is 0 Å². The maximum Gasteiger partial charge on any atom is 0.151 e. The molecule has 0 amide bonds. The Hall–Kier alpha value is -1.80. The van der Waals surface area contributed by atoms with Crippen LogP contribution in [0.2, 0.25) is 0 Å². The van der Waals surface area contributed by atoms with Crippen LogP contribution in [0.25, 0.3) is 11.0 Å². The van der Waals surface area contributed by atoms with Crippen LogP contribution in [-0.4, -0.2) is 61.6 Å². The third kappa shape index (κ3) is 4.42. The number of nitrogens with one attached hydrogen (secondary N) is 1. The molecule has 19 heavy (non-hydrogen) atoms. The number of imidazole rings is 1. The molecule has 104 valence electrons. The lowest BCUT2D eigenvalue weighted by Crippen LogP contribution is -2.40. The Morgan fingerprint density at radius 3 is 2.53 bits per heavy atom. The molecule has 0 saturated heterocycles. The molecule has 0 saturated carbocycles. The first-order chi connectivity index (χ1) is 9.10. The van der Waals surface area contributed by atoms with Crippen molar-refractivity contribution in [2.75, 3.05) is 6.61 Å². The summed E-state index contributed by atoms with van der Waals surface area (Å²) in [4.78, 5) is 16.8. The summed E-state index contributed by atoms with van der Waals surface area (Å²) >= 11 is 0. The molecule has 0 aliphatic rings. The van der Waals surface area contributed by atoms with Crippen molar-refractivity contribution in [2.45, 2.75) is 18.3 Å². The molecule has 5 N–H and O–H groups in total. The minimum Gasteiger partial charge on any atom is -0.394 e. The predicted octanol–water partition coefficient (Wildman–Crippen LogP) is -1.18. The number of nitrogens with zero attached hydrogens (tertiary/aromatic N) is 1. The smallest absolute Gasteiger partial charge is 0.151 e. The molecular formula is C12H16N2O5. The lowest BCUT2D eigenvalue weighted by molar-refractivity contribution is -0.127. The molecule has 1 aromatic carbocycles. The first-order valence-corrected chi connectivity index (χ1v) is 5.58. The number of benzene rings is 1. The fraction of sp³-hybridized carbons (Fsp3) is 0.333. The lowest BCUT2D eigenvalue weighted by Gasteiger charge is -2.16. The van der Waals surface area contributed by atoms with Gasteiger partial charge in [-0.1, -0.05) is 12.1 Å². The largest absolute Gasteiger partial charge is 0.394 e. The van der Waals surface area contributed by atoms with Crippen LogP contribution >= 0.6 is 0 Å². The SMILES string of the molecule is O=CC(O)C(O)C(O)CO.c1ccc2[nH]cnc2c1. The highest BCUT2D eigenvalue weighted by Gasteiger charge is 2.22. The summed E-state index contributed by atoms with van der Waals surface area (Å²) in [5.74, 6) is 0. The highest BCUT2D eigenvalue weighted by molar-refractivity contribution is 5.73. The van der Waals surface area contributed by atoms with Crippen LogP contribution in [-0.2, 0) is 4.79 Å². The number of aromatic amines is 1. The van der Waals surface area contributed by atoms with Gasteiger partial charge in [0.15, 0.2) is 6.29 Å². The van der Waals surface area contributed by atoms with Crippen molar-refractivity contribution in [2.24, 2.45) is 0 Å². The Balaban J connectivity index is 0.000000190. The van der Waals surface area contributed by atoms with Gasteiger partial charge in [0.25, 0.3) is 0 Å². The molecule has 1 heterocycles. The molecule has 0 radical (unpaired) electrons. The normalized spacial score (nSPS) is 15.2. The van der Waals surface area contributed by atoms with Gasteiger partial charge in [0.05, 0.1) is 24.0 Å². The fourth-order valence-corrected chi connectivity index (χ4v) is 1.30. The van der Waals surface area contributed by atoms with E-state index >= 15 is 0 Å². The molecule has 7 nitrogen and oxygen atoms in total. The summed E-state index contributed by atoms with van der Waals surface area (Å²) in [6.45, 7) is -0.688. The molecule has 3 atom stereocenters. The van der Waals surface area contributed by atoms with Crippen molar-refractivity contribution < 1.29 is 25.2 Å². The number of fused-ring (bicyclic) bond motifs is 1. The molecule has 1 aromatic heterocycles. The van der Waals surface area contributed by atoms with Gasteiger partial charge in [0, 0.05) is 0 Å². The van der Waals surface area contributed by atoms with Gasteiger partial charge >= 0.3 is 0 Å². The van der Waals surface area contributed by atoms with Gasteiger partial charge in [-0.15, -0.1) is 0 Å². The predicted molar refractivity (Wildman–Crippen MR) is 67.3 cm³/mol. The Kier molecular flexibility index (Phi) is 6.10. The van der Waals surface area contributed by atoms with Crippen molar-refractivity contribution >= 4 is 17.3 Å². The second kappa shape index (κ2) is 7.59. The van der Waals surface area contributed by atoms with Crippen LogP contribution < -0.4 is 0 Å². The zero-order valence-corrected chi connectivity index (χ0v) is 10.0. The summed E-state index contributed by atoms with van der Waals surface area (Å²) in [5.41, 5.74) is 2.12. The van der Waals surface area contributed by atoms with E-state index in [1.807, 2.05) is 24.3 Å². The highest BCUT2D eigenvalue weighted by Crippen LogP contribution is 2.05. The highest BCUT2D eigenvalue weighted by atomic mass is 16.4. The molecule has 3 unspecified atom stereocenters. The zero-order chi connectivity index (χ0) is 14.3. The number of carbonyl (C=O) groups excluding carboxylic acids is 1. The van der Waals surface area contributed by atoms with E-state index in [0.29, 0.717) is 0 Å². The summed E-state index contributed by atoms with van der Waals surface area (Å²) in [6.07, 6.45) is -2.93. The number of rotatable bonds is 4. The maximum absolute atomic E-state index is 9.76. The van der Waals surface area contributed by atoms with Crippen molar-refractivity contribution in [1.82, 2.24) is 9.97 Å². The lowest BCUT2D eigenvalue weighted by atomic mass is 10.1. The fourth-order valence-electron chi connectivity index (χ4n) is 1.30. The molecular weight excluding hydrogens is 252 g/mol. The Morgan fingerprint density at radius 2 is 1.95 bits per heavy atom. The summed E-state index contributed by atoms with van der Waals surface area (Å²) in [5, 5.41) is 34.1. The molecule has 2 rings (SSSR count). The van der Waals surface area contributed by atoms with Crippen molar-refractivity contribution in [3.05, 3.63) is 30.6 Å². The number of aromatic nitrogens is 2. The molecule has 0 aliphatic carbocycles. The molecule has 0 fully saturated rings. The number of aldehydes is 1. The summed E-state index contributed by atoms with van der Waals surface area (Å²) in [6, 6.07) is 7.94. The second-order valence-electron chi connectivity index (χ2n) is 3.79. The Bertz CT molecular complexity index is 471. The first-order valence-electron chi connectivity index (χ1n) is 5.58. The molecule has 0 bridgehead atoms. The number of carbonyl (C=O) groups is 1. The molecule has 7 heteroatoms. The molecule has 0 spiro atoms. The molecule has 0 aliphatic heterocycles. The second-order valence-corrected chi connectivity index (χ2v) is 3.79. The van der Waals surface area contributed by atoms with Gasteiger partial charge in [-0.05, 0) is 12.1 Å². The summed E-state index contributed by atoms with van der Waals surface area (Å²) in [7, 11) is 0. The topological polar surface area (TPSA) is 127 Å². The standard InChI is InChI=1S/C7H6N2.C5H10O5/c1-2-4-7-6(3-1)8-5-9-7;6-1-3(8)5(10)4(9)2-7/h1-5H,(H,8,9);1,3-5,7-10H,2H2. The Morgan fingerprint density at radius 1 is 1.26 bits per heavy atom. The first kappa shape index (κ1) is 15.3. The zero-order valence-electron chi connectivity index (χ0n) is 10.0. The minimum atomic E-state index is -1.64. The van der Waals surface area contributed by atoms with Gasteiger partial charge in [-0.2, -0.15) is 0 Å². The number of aliphatic hydroxyl groups excluding tert-OH is 4. The van der Waals surface area contributed by atoms with E-state index < -0.39 is 24.9 Å². The van der Waals surface area contributed by atoms with Gasteiger partial charge in [0.2, 0.25) is 0 Å². The van der Waals surface area contributed by atoms with E-state index in [4.69, 9.17) is 20.4 Å². The average molecular weight is 268 g/mol. The molecule has 2 aromatic rings. The van der Waals surface area contributed by atoms with Crippen molar-refractivity contribution in [3.8, 4) is 0 Å².